The number of fused-ring (bicyclic) bond motifs is 1. The number of aromatic amines is 1. The molecule has 1 aromatic heterocycles. The molecule has 1 aromatic carbocycles. The summed E-state index contributed by atoms with van der Waals surface area (Å²) in [5, 5.41) is 1.23. The molecule has 0 unspecified atom stereocenters. The SMILES string of the molecule is O=C=O.c1cc2cc(OCC3CCCCC3)ccc2[nH]1. The van der Waals surface area contributed by atoms with Crippen LogP contribution in [-0.2, 0) is 9.59 Å². The molecule has 1 N–H and O–H groups in total. The highest BCUT2D eigenvalue weighted by Gasteiger charge is 2.13. The van der Waals surface area contributed by atoms with Crippen LogP contribution in [0, 0.1) is 5.92 Å². The van der Waals surface area contributed by atoms with Crippen LogP contribution < -0.4 is 4.74 Å². The number of nitrogens with one attached hydrogen (secondary N) is 1. The van der Waals surface area contributed by atoms with Crippen molar-refractivity contribution in [3.8, 4) is 5.75 Å². The van der Waals surface area contributed by atoms with E-state index in [1.807, 2.05) is 6.20 Å². The highest BCUT2D eigenvalue weighted by molar-refractivity contribution is 5.80. The molecule has 1 saturated carbocycles. The maximum Gasteiger partial charge on any atom is 0.373 e. The molecule has 2 aromatic rings. The van der Waals surface area contributed by atoms with Crippen molar-refractivity contribution < 1.29 is 14.3 Å². The van der Waals surface area contributed by atoms with Gasteiger partial charge in [-0.2, -0.15) is 9.59 Å². The van der Waals surface area contributed by atoms with E-state index in [0.717, 1.165) is 18.3 Å². The minimum atomic E-state index is 0.250. The van der Waals surface area contributed by atoms with Crippen molar-refractivity contribution in [3.63, 3.8) is 0 Å². The summed E-state index contributed by atoms with van der Waals surface area (Å²) < 4.78 is 5.91. The van der Waals surface area contributed by atoms with E-state index in [2.05, 4.69) is 29.2 Å². The smallest absolute Gasteiger partial charge is 0.373 e. The first kappa shape index (κ1) is 14.4. The summed E-state index contributed by atoms with van der Waals surface area (Å²) in [7, 11) is 0. The number of hydrogen-bond donors (Lipinski definition) is 1. The van der Waals surface area contributed by atoms with Gasteiger partial charge in [0.2, 0.25) is 0 Å². The summed E-state index contributed by atoms with van der Waals surface area (Å²) in [6, 6.07) is 8.35. The van der Waals surface area contributed by atoms with Crippen LogP contribution in [-0.4, -0.2) is 17.7 Å². The van der Waals surface area contributed by atoms with Gasteiger partial charge in [-0.3, -0.25) is 0 Å². The Morgan fingerprint density at radius 3 is 2.65 bits per heavy atom. The second kappa shape index (κ2) is 7.51. The molecule has 20 heavy (non-hydrogen) atoms. The van der Waals surface area contributed by atoms with E-state index in [1.54, 1.807) is 0 Å². The van der Waals surface area contributed by atoms with Gasteiger partial charge in [0, 0.05) is 17.1 Å². The standard InChI is InChI=1S/C15H19NO.CO2/c1-2-4-12(5-3-1)11-17-14-6-7-15-13(10-14)8-9-16-15;2-1-3/h6-10,12,16H,1-5,11H2;. The number of carbonyl (C=O) groups excluding carboxylic acids is 2. The number of aromatic nitrogens is 1. The van der Waals surface area contributed by atoms with Crippen LogP contribution in [0.5, 0.6) is 5.75 Å². The van der Waals surface area contributed by atoms with Crippen molar-refractivity contribution in [2.45, 2.75) is 32.1 Å². The molecule has 1 aliphatic carbocycles. The van der Waals surface area contributed by atoms with Crippen LogP contribution >= 0.6 is 0 Å². The summed E-state index contributed by atoms with van der Waals surface area (Å²) in [5.74, 6) is 1.77. The van der Waals surface area contributed by atoms with Crippen molar-refractivity contribution in [3.05, 3.63) is 30.5 Å². The second-order valence-corrected chi connectivity index (χ2v) is 5.13. The average molecular weight is 273 g/mol. The predicted octanol–water partition coefficient (Wildman–Crippen LogP) is 3.54. The van der Waals surface area contributed by atoms with Gasteiger partial charge in [0.15, 0.2) is 0 Å². The van der Waals surface area contributed by atoms with Gasteiger partial charge in [-0.25, -0.2) is 0 Å². The Bertz CT molecular complexity index is 564. The predicted molar refractivity (Wildman–Crippen MR) is 75.4 cm³/mol. The molecule has 4 nitrogen and oxygen atoms in total. The van der Waals surface area contributed by atoms with Crippen LogP contribution in [0.25, 0.3) is 10.9 Å². The maximum absolute atomic E-state index is 8.12. The largest absolute Gasteiger partial charge is 0.493 e. The third-order valence-corrected chi connectivity index (χ3v) is 3.74. The molecule has 0 spiro atoms. The van der Waals surface area contributed by atoms with E-state index in [9.17, 15) is 0 Å². The van der Waals surface area contributed by atoms with Gasteiger partial charge in [0.25, 0.3) is 0 Å². The van der Waals surface area contributed by atoms with Gasteiger partial charge in [-0.15, -0.1) is 0 Å². The molecule has 0 radical (unpaired) electrons. The van der Waals surface area contributed by atoms with Crippen molar-refractivity contribution in [1.82, 2.24) is 4.98 Å². The van der Waals surface area contributed by atoms with Crippen molar-refractivity contribution >= 4 is 17.1 Å². The molecule has 0 aliphatic heterocycles. The Morgan fingerprint density at radius 2 is 1.90 bits per heavy atom. The molecular weight excluding hydrogens is 254 g/mol. The molecule has 4 heteroatoms. The Balaban J connectivity index is 0.000000452. The highest BCUT2D eigenvalue weighted by atomic mass is 16.5. The zero-order chi connectivity index (χ0) is 14.2. The van der Waals surface area contributed by atoms with Crippen LogP contribution in [0.1, 0.15) is 32.1 Å². The van der Waals surface area contributed by atoms with Crippen LogP contribution in [0.2, 0.25) is 0 Å². The van der Waals surface area contributed by atoms with Crippen LogP contribution in [0.4, 0.5) is 0 Å². The summed E-state index contributed by atoms with van der Waals surface area (Å²) in [5.41, 5.74) is 1.18. The van der Waals surface area contributed by atoms with Gasteiger partial charge in [0.1, 0.15) is 5.75 Å². The van der Waals surface area contributed by atoms with Crippen LogP contribution in [0.3, 0.4) is 0 Å². The lowest BCUT2D eigenvalue weighted by atomic mass is 9.90. The van der Waals surface area contributed by atoms with E-state index in [4.69, 9.17) is 14.3 Å². The lowest BCUT2D eigenvalue weighted by molar-refractivity contribution is -0.191. The topological polar surface area (TPSA) is 59.2 Å². The summed E-state index contributed by atoms with van der Waals surface area (Å²) >= 11 is 0. The molecule has 0 saturated heterocycles. The fourth-order valence-electron chi connectivity index (χ4n) is 2.69. The molecule has 106 valence electrons. The number of H-pyrrole nitrogens is 1. The van der Waals surface area contributed by atoms with E-state index in [1.165, 1.54) is 43.0 Å². The molecular formula is C16H19NO3. The van der Waals surface area contributed by atoms with Gasteiger partial charge in [0.05, 0.1) is 6.61 Å². The van der Waals surface area contributed by atoms with Gasteiger partial charge >= 0.3 is 6.15 Å². The van der Waals surface area contributed by atoms with Crippen molar-refractivity contribution in [1.29, 1.82) is 0 Å². The lowest BCUT2D eigenvalue weighted by Gasteiger charge is -2.21. The van der Waals surface area contributed by atoms with E-state index < -0.39 is 0 Å². The zero-order valence-electron chi connectivity index (χ0n) is 11.4. The minimum absolute atomic E-state index is 0.250. The van der Waals surface area contributed by atoms with Crippen molar-refractivity contribution in [2.24, 2.45) is 5.92 Å². The van der Waals surface area contributed by atoms with Crippen LogP contribution in [0.15, 0.2) is 30.5 Å². The number of hydrogen-bond acceptors (Lipinski definition) is 3. The average Bonchev–Trinajstić information content (AvgIpc) is 2.94. The first-order valence-electron chi connectivity index (χ1n) is 7.02. The minimum Gasteiger partial charge on any atom is -0.493 e. The fraction of sp³-hybridized carbons (Fsp3) is 0.438. The van der Waals surface area contributed by atoms with E-state index in [0.29, 0.717) is 0 Å². The summed E-state index contributed by atoms with van der Waals surface area (Å²) in [4.78, 5) is 19.4. The number of benzene rings is 1. The molecule has 1 fully saturated rings. The fourth-order valence-corrected chi connectivity index (χ4v) is 2.69. The quantitative estimate of drug-likeness (QED) is 0.930. The molecule has 1 aliphatic rings. The molecule has 0 bridgehead atoms. The highest BCUT2D eigenvalue weighted by Crippen LogP contribution is 2.25. The number of ether oxygens (including phenoxy) is 1. The zero-order valence-corrected chi connectivity index (χ0v) is 11.4. The second-order valence-electron chi connectivity index (χ2n) is 5.13. The Morgan fingerprint density at radius 1 is 1.15 bits per heavy atom. The molecule has 3 rings (SSSR count). The van der Waals surface area contributed by atoms with Crippen molar-refractivity contribution in [2.75, 3.05) is 6.61 Å². The van der Waals surface area contributed by atoms with Gasteiger partial charge in [-0.1, -0.05) is 19.3 Å². The maximum atomic E-state index is 8.12. The van der Waals surface area contributed by atoms with E-state index >= 15 is 0 Å². The Hall–Kier alpha value is -2.06. The monoisotopic (exact) mass is 273 g/mol. The third kappa shape index (κ3) is 3.97. The Kier molecular flexibility index (Phi) is 5.39. The lowest BCUT2D eigenvalue weighted by Crippen LogP contribution is -2.15. The third-order valence-electron chi connectivity index (χ3n) is 3.74. The van der Waals surface area contributed by atoms with Gasteiger partial charge < -0.3 is 9.72 Å². The number of rotatable bonds is 3. The first-order chi connectivity index (χ1) is 9.83. The van der Waals surface area contributed by atoms with Gasteiger partial charge in [-0.05, 0) is 43.0 Å². The molecule has 1 heterocycles. The summed E-state index contributed by atoms with van der Waals surface area (Å²) in [6.45, 7) is 0.885. The summed E-state index contributed by atoms with van der Waals surface area (Å²) in [6.07, 6.45) is 9.07. The normalized spacial score (nSPS) is 15.2. The molecule has 0 amide bonds. The Labute approximate surface area is 118 Å². The first-order valence-corrected chi connectivity index (χ1v) is 7.02. The van der Waals surface area contributed by atoms with E-state index in [-0.39, 0.29) is 6.15 Å². The molecule has 0 atom stereocenters.